The Morgan fingerprint density at radius 1 is 1.36 bits per heavy atom. The van der Waals surface area contributed by atoms with Gasteiger partial charge in [-0.1, -0.05) is 37.0 Å². The zero-order chi connectivity index (χ0) is 16.7. The molecule has 120 valence electrons. The Morgan fingerprint density at radius 2 is 2.00 bits per heavy atom. The molecule has 0 N–H and O–H groups in total. The van der Waals surface area contributed by atoms with Crippen molar-refractivity contribution in [3.8, 4) is 5.75 Å². The van der Waals surface area contributed by atoms with E-state index in [9.17, 15) is 9.59 Å². The number of hydrogen-bond acceptors (Lipinski definition) is 3. The number of ether oxygens (including phenoxy) is 1. The number of hydrogen-bond donors (Lipinski definition) is 0. The Morgan fingerprint density at radius 3 is 2.50 bits per heavy atom. The van der Waals surface area contributed by atoms with Crippen LogP contribution in [-0.4, -0.2) is 18.7 Å². The van der Waals surface area contributed by atoms with Crippen LogP contribution < -0.4 is 4.74 Å². The van der Waals surface area contributed by atoms with Gasteiger partial charge in [0.1, 0.15) is 16.6 Å². The molecule has 3 nitrogen and oxygen atoms in total. The van der Waals surface area contributed by atoms with E-state index in [-0.39, 0.29) is 27.5 Å². The highest BCUT2D eigenvalue weighted by Gasteiger charge is 2.49. The van der Waals surface area contributed by atoms with Crippen LogP contribution in [-0.2, 0) is 11.2 Å². The topological polar surface area (TPSA) is 43.4 Å². The quantitative estimate of drug-likeness (QED) is 0.775. The fourth-order valence-corrected chi connectivity index (χ4v) is 3.74. The molecule has 0 saturated heterocycles. The van der Waals surface area contributed by atoms with Crippen LogP contribution in [0, 0.1) is 11.3 Å². The van der Waals surface area contributed by atoms with Crippen molar-refractivity contribution in [1.29, 1.82) is 0 Å². The maximum absolute atomic E-state index is 13.1. The second-order valence-electron chi connectivity index (χ2n) is 6.26. The molecule has 22 heavy (non-hydrogen) atoms. The molecular formula is C17H20Cl2O3. The second kappa shape index (κ2) is 6.21. The van der Waals surface area contributed by atoms with Crippen molar-refractivity contribution in [1.82, 2.24) is 0 Å². The highest BCUT2D eigenvalue weighted by atomic mass is 35.5. The van der Waals surface area contributed by atoms with E-state index in [1.807, 2.05) is 13.8 Å². The van der Waals surface area contributed by atoms with E-state index in [2.05, 4.69) is 0 Å². The summed E-state index contributed by atoms with van der Waals surface area (Å²) >= 11 is 12.5. The zero-order valence-electron chi connectivity index (χ0n) is 13.3. The monoisotopic (exact) mass is 342 g/mol. The molecule has 2 rings (SSSR count). The first-order valence-corrected chi connectivity index (χ1v) is 8.09. The predicted molar refractivity (Wildman–Crippen MR) is 88.2 cm³/mol. The van der Waals surface area contributed by atoms with Gasteiger partial charge < -0.3 is 9.53 Å². The molecule has 1 aliphatic rings. The fraction of sp³-hybridized carbons (Fsp3) is 0.529. The van der Waals surface area contributed by atoms with Crippen LogP contribution in [0.15, 0.2) is 6.07 Å². The lowest BCUT2D eigenvalue weighted by Crippen LogP contribution is -2.34. The van der Waals surface area contributed by atoms with Crippen LogP contribution in [0.1, 0.15) is 49.5 Å². The molecule has 1 aromatic rings. The van der Waals surface area contributed by atoms with Gasteiger partial charge in [0.15, 0.2) is 5.78 Å². The third-order valence-corrected chi connectivity index (χ3v) is 5.54. The lowest BCUT2D eigenvalue weighted by molar-refractivity contribution is -0.117. The van der Waals surface area contributed by atoms with Gasteiger partial charge in [-0.3, -0.25) is 4.79 Å². The number of methoxy groups -OCH3 is 1. The van der Waals surface area contributed by atoms with E-state index in [4.69, 9.17) is 27.9 Å². The molecule has 0 saturated carbocycles. The molecule has 0 fully saturated rings. The molecule has 1 atom stereocenters. The number of Topliss-reactive ketones (excluding diaryl/α,β-unsaturated/α-hetero) is 2. The van der Waals surface area contributed by atoms with Crippen molar-refractivity contribution in [2.45, 2.75) is 40.0 Å². The van der Waals surface area contributed by atoms with Gasteiger partial charge in [-0.2, -0.15) is 0 Å². The zero-order valence-corrected chi connectivity index (χ0v) is 14.8. The van der Waals surface area contributed by atoms with Crippen LogP contribution in [0.2, 0.25) is 10.0 Å². The highest BCUT2D eigenvalue weighted by molar-refractivity contribution is 6.45. The Bertz CT molecular complexity index is 637. The van der Waals surface area contributed by atoms with E-state index in [1.165, 1.54) is 7.11 Å². The average molecular weight is 343 g/mol. The minimum absolute atomic E-state index is 0.00620. The molecule has 5 heteroatoms. The molecular weight excluding hydrogens is 323 g/mol. The number of benzene rings is 1. The predicted octanol–water partition coefficient (Wildman–Crippen LogP) is 4.75. The molecule has 0 radical (unpaired) electrons. The average Bonchev–Trinajstić information content (AvgIpc) is 2.74. The summed E-state index contributed by atoms with van der Waals surface area (Å²) in [5.41, 5.74) is 0.756. The molecule has 0 aliphatic heterocycles. The van der Waals surface area contributed by atoms with Gasteiger partial charge in [-0.15, -0.1) is 0 Å². The number of fused-ring (bicyclic) bond motifs is 1. The Balaban J connectivity index is 2.53. The standard InChI is InChI=1S/C17H20Cl2O3/c1-9(2)17(6-5-10(3)20)8-11-7-12(22-4)14(18)15(19)13(11)16(17)21/h7,9H,5-6,8H2,1-4H3. The molecule has 0 aromatic heterocycles. The number of rotatable bonds is 5. The van der Waals surface area contributed by atoms with Crippen molar-refractivity contribution in [3.63, 3.8) is 0 Å². The molecule has 1 aliphatic carbocycles. The van der Waals surface area contributed by atoms with Crippen LogP contribution in [0.25, 0.3) is 0 Å². The van der Waals surface area contributed by atoms with Crippen molar-refractivity contribution in [3.05, 3.63) is 27.2 Å². The minimum atomic E-state index is -0.590. The SMILES string of the molecule is COc1cc2c(c(Cl)c1Cl)C(=O)C(CCC(C)=O)(C(C)C)C2. The lowest BCUT2D eigenvalue weighted by Gasteiger charge is -2.31. The van der Waals surface area contributed by atoms with E-state index in [0.29, 0.717) is 30.6 Å². The highest BCUT2D eigenvalue weighted by Crippen LogP contribution is 2.51. The van der Waals surface area contributed by atoms with Gasteiger partial charge in [-0.05, 0) is 37.3 Å². The summed E-state index contributed by atoms with van der Waals surface area (Å²) in [7, 11) is 1.52. The molecule has 1 aromatic carbocycles. The molecule has 0 heterocycles. The Kier molecular flexibility index (Phi) is 4.88. The van der Waals surface area contributed by atoms with Gasteiger partial charge in [-0.25, -0.2) is 0 Å². The minimum Gasteiger partial charge on any atom is -0.495 e. The third-order valence-electron chi connectivity index (χ3n) is 4.69. The van der Waals surface area contributed by atoms with Crippen LogP contribution in [0.3, 0.4) is 0 Å². The summed E-state index contributed by atoms with van der Waals surface area (Å²) in [5, 5.41) is 0.522. The first kappa shape index (κ1) is 17.3. The number of halogens is 2. The summed E-state index contributed by atoms with van der Waals surface area (Å²) in [6.07, 6.45) is 1.49. The summed E-state index contributed by atoms with van der Waals surface area (Å²) in [5.74, 6) is 0.663. The van der Waals surface area contributed by atoms with Crippen molar-refractivity contribution in [2.75, 3.05) is 7.11 Å². The molecule has 0 amide bonds. The van der Waals surface area contributed by atoms with Crippen molar-refractivity contribution in [2.24, 2.45) is 11.3 Å². The fourth-order valence-electron chi connectivity index (χ4n) is 3.21. The van der Waals surface area contributed by atoms with Crippen LogP contribution in [0.5, 0.6) is 5.75 Å². The largest absolute Gasteiger partial charge is 0.495 e. The van der Waals surface area contributed by atoms with Crippen molar-refractivity contribution < 1.29 is 14.3 Å². The molecule has 0 spiro atoms. The maximum Gasteiger partial charge on any atom is 0.171 e. The van der Waals surface area contributed by atoms with Gasteiger partial charge in [0.2, 0.25) is 0 Å². The van der Waals surface area contributed by atoms with E-state index in [0.717, 1.165) is 5.56 Å². The molecule has 1 unspecified atom stereocenters. The second-order valence-corrected chi connectivity index (χ2v) is 7.02. The van der Waals surface area contributed by atoms with Gasteiger partial charge in [0.05, 0.1) is 12.1 Å². The number of ketones is 2. The summed E-state index contributed by atoms with van der Waals surface area (Å²) < 4.78 is 5.23. The van der Waals surface area contributed by atoms with Crippen LogP contribution in [0.4, 0.5) is 0 Å². The Labute approximate surface area is 140 Å². The molecule has 0 bridgehead atoms. The van der Waals surface area contributed by atoms with Gasteiger partial charge in [0, 0.05) is 17.4 Å². The third kappa shape index (κ3) is 2.65. The smallest absolute Gasteiger partial charge is 0.171 e. The van der Waals surface area contributed by atoms with E-state index in [1.54, 1.807) is 13.0 Å². The van der Waals surface area contributed by atoms with E-state index < -0.39 is 5.41 Å². The van der Waals surface area contributed by atoms with Crippen LogP contribution >= 0.6 is 23.2 Å². The number of carbonyl (C=O) groups is 2. The first-order valence-electron chi connectivity index (χ1n) is 7.33. The summed E-state index contributed by atoms with van der Waals surface area (Å²) in [6.45, 7) is 5.57. The Hall–Kier alpha value is -1.06. The lowest BCUT2D eigenvalue weighted by atomic mass is 9.70. The van der Waals surface area contributed by atoms with Crippen molar-refractivity contribution >= 4 is 34.8 Å². The van der Waals surface area contributed by atoms with Gasteiger partial charge in [0.25, 0.3) is 0 Å². The van der Waals surface area contributed by atoms with Gasteiger partial charge >= 0.3 is 0 Å². The number of carbonyl (C=O) groups excluding carboxylic acids is 2. The first-order chi connectivity index (χ1) is 10.2. The summed E-state index contributed by atoms with van der Waals surface area (Å²) in [6, 6.07) is 1.79. The maximum atomic E-state index is 13.1. The normalized spacial score (nSPS) is 20.4. The van der Waals surface area contributed by atoms with E-state index >= 15 is 0 Å². The summed E-state index contributed by atoms with van der Waals surface area (Å²) in [4.78, 5) is 24.4.